The molecule has 3 heteroatoms. The molecule has 25 heavy (non-hydrogen) atoms. The lowest BCUT2D eigenvalue weighted by Crippen LogP contribution is -2.46. The molecular formula is C22H28N2O. The Labute approximate surface area is 150 Å². The summed E-state index contributed by atoms with van der Waals surface area (Å²) in [6.07, 6.45) is 3.64. The molecule has 2 aliphatic rings. The lowest BCUT2D eigenvalue weighted by Gasteiger charge is -2.40. The number of carbonyl (C=O) groups excluding carboxylic acids is 1. The maximum absolute atomic E-state index is 11.8. The van der Waals surface area contributed by atoms with E-state index in [2.05, 4.69) is 53.1 Å². The van der Waals surface area contributed by atoms with Gasteiger partial charge in [0.2, 0.25) is 5.91 Å². The first kappa shape index (κ1) is 16.6. The Bertz CT molecular complexity index is 800. The second kappa shape index (κ2) is 6.45. The Hall–Kier alpha value is -1.87. The van der Waals surface area contributed by atoms with Gasteiger partial charge in [0.1, 0.15) is 0 Å². The standard InChI is InChI=1S/C22H28N2O/c1-17-8-9-19-6-3-4-7-20(19)21(17)14-23-13-11-22(15-23)10-5-12-24(16-22)18(2)25/h3-4,6-9H,5,10-16H2,1-2H3/t22-/m0/s1. The monoisotopic (exact) mass is 336 g/mol. The summed E-state index contributed by atoms with van der Waals surface area (Å²) in [7, 11) is 0. The van der Waals surface area contributed by atoms with Gasteiger partial charge in [-0.25, -0.2) is 0 Å². The molecule has 0 N–H and O–H groups in total. The minimum Gasteiger partial charge on any atom is -0.342 e. The van der Waals surface area contributed by atoms with Crippen molar-refractivity contribution in [3.63, 3.8) is 0 Å². The van der Waals surface area contributed by atoms with Crippen LogP contribution in [0.4, 0.5) is 0 Å². The predicted molar refractivity (Wildman–Crippen MR) is 103 cm³/mol. The first-order chi connectivity index (χ1) is 12.1. The molecule has 0 saturated carbocycles. The van der Waals surface area contributed by atoms with Crippen molar-refractivity contribution in [3.05, 3.63) is 47.5 Å². The van der Waals surface area contributed by atoms with Gasteiger partial charge in [-0.3, -0.25) is 9.69 Å². The van der Waals surface area contributed by atoms with E-state index in [1.165, 1.54) is 34.7 Å². The zero-order valence-electron chi connectivity index (χ0n) is 15.4. The van der Waals surface area contributed by atoms with Gasteiger partial charge in [-0.1, -0.05) is 36.4 Å². The van der Waals surface area contributed by atoms with Gasteiger partial charge >= 0.3 is 0 Å². The number of hydrogen-bond donors (Lipinski definition) is 0. The van der Waals surface area contributed by atoms with Crippen LogP contribution in [0.25, 0.3) is 10.8 Å². The second-order valence-corrected chi connectivity index (χ2v) is 8.09. The highest BCUT2D eigenvalue weighted by Crippen LogP contribution is 2.40. The summed E-state index contributed by atoms with van der Waals surface area (Å²) < 4.78 is 0. The van der Waals surface area contributed by atoms with Crippen LogP contribution in [0.3, 0.4) is 0 Å². The Balaban J connectivity index is 1.54. The average Bonchev–Trinajstić information content (AvgIpc) is 2.99. The summed E-state index contributed by atoms with van der Waals surface area (Å²) in [4.78, 5) is 16.5. The van der Waals surface area contributed by atoms with Crippen molar-refractivity contribution in [3.8, 4) is 0 Å². The van der Waals surface area contributed by atoms with Crippen LogP contribution < -0.4 is 0 Å². The van der Waals surface area contributed by atoms with E-state index in [1.807, 2.05) is 0 Å². The van der Waals surface area contributed by atoms with E-state index in [0.29, 0.717) is 5.41 Å². The van der Waals surface area contributed by atoms with Gasteiger partial charge in [-0.15, -0.1) is 0 Å². The number of rotatable bonds is 2. The number of aryl methyl sites for hydroxylation is 1. The van der Waals surface area contributed by atoms with E-state index in [1.54, 1.807) is 6.92 Å². The summed E-state index contributed by atoms with van der Waals surface area (Å²) in [5.41, 5.74) is 3.17. The van der Waals surface area contributed by atoms with Crippen LogP contribution in [0.5, 0.6) is 0 Å². The molecule has 0 aromatic heterocycles. The summed E-state index contributed by atoms with van der Waals surface area (Å²) in [6, 6.07) is 13.2. The van der Waals surface area contributed by atoms with Gasteiger partial charge < -0.3 is 4.90 Å². The number of nitrogens with zero attached hydrogens (tertiary/aromatic N) is 2. The molecule has 2 fully saturated rings. The van der Waals surface area contributed by atoms with Gasteiger partial charge in [-0.2, -0.15) is 0 Å². The van der Waals surface area contributed by atoms with Gasteiger partial charge in [0, 0.05) is 38.5 Å². The van der Waals surface area contributed by atoms with E-state index in [-0.39, 0.29) is 5.91 Å². The van der Waals surface area contributed by atoms with Crippen LogP contribution in [0.1, 0.15) is 37.3 Å². The molecule has 2 heterocycles. The predicted octanol–water partition coefficient (Wildman–Crippen LogP) is 3.98. The normalized spacial score (nSPS) is 24.3. The first-order valence-electron chi connectivity index (χ1n) is 9.51. The van der Waals surface area contributed by atoms with Crippen molar-refractivity contribution in [2.45, 2.75) is 39.7 Å². The molecule has 1 atom stereocenters. The molecule has 1 amide bonds. The molecular weight excluding hydrogens is 308 g/mol. The molecule has 2 aliphatic heterocycles. The minimum absolute atomic E-state index is 0.238. The lowest BCUT2D eigenvalue weighted by molar-refractivity contribution is -0.132. The number of likely N-dealkylation sites (tertiary alicyclic amines) is 2. The summed E-state index contributed by atoms with van der Waals surface area (Å²) in [6.45, 7) is 9.13. The molecule has 2 saturated heterocycles. The minimum atomic E-state index is 0.238. The van der Waals surface area contributed by atoms with E-state index in [0.717, 1.165) is 39.1 Å². The Morgan fingerprint density at radius 2 is 1.92 bits per heavy atom. The third kappa shape index (κ3) is 3.18. The third-order valence-electron chi connectivity index (χ3n) is 6.28. The maximum Gasteiger partial charge on any atom is 0.219 e. The number of fused-ring (bicyclic) bond motifs is 1. The van der Waals surface area contributed by atoms with Crippen molar-refractivity contribution in [1.29, 1.82) is 0 Å². The SMILES string of the molecule is CC(=O)N1CCC[C@@]2(CCN(Cc3c(C)ccc4ccccc34)C2)C1. The Morgan fingerprint density at radius 1 is 1.08 bits per heavy atom. The summed E-state index contributed by atoms with van der Waals surface area (Å²) in [5.74, 6) is 0.238. The summed E-state index contributed by atoms with van der Waals surface area (Å²) >= 11 is 0. The van der Waals surface area contributed by atoms with Crippen LogP contribution in [0, 0.1) is 12.3 Å². The topological polar surface area (TPSA) is 23.6 Å². The van der Waals surface area contributed by atoms with Gasteiger partial charge in [-0.05, 0) is 54.6 Å². The maximum atomic E-state index is 11.8. The van der Waals surface area contributed by atoms with Crippen molar-refractivity contribution in [1.82, 2.24) is 9.80 Å². The molecule has 132 valence electrons. The average molecular weight is 336 g/mol. The highest BCUT2D eigenvalue weighted by molar-refractivity contribution is 5.86. The van der Waals surface area contributed by atoms with Crippen LogP contribution in [-0.4, -0.2) is 41.9 Å². The molecule has 4 rings (SSSR count). The fourth-order valence-corrected chi connectivity index (χ4v) is 4.85. The zero-order valence-corrected chi connectivity index (χ0v) is 15.4. The van der Waals surface area contributed by atoms with Crippen molar-refractivity contribution in [2.24, 2.45) is 5.41 Å². The molecule has 1 spiro atoms. The van der Waals surface area contributed by atoms with Crippen molar-refractivity contribution < 1.29 is 4.79 Å². The fraction of sp³-hybridized carbons (Fsp3) is 0.500. The van der Waals surface area contributed by atoms with Crippen molar-refractivity contribution >= 4 is 16.7 Å². The quantitative estimate of drug-likeness (QED) is 0.828. The molecule has 0 aliphatic carbocycles. The van der Waals surface area contributed by atoms with E-state index >= 15 is 0 Å². The molecule has 2 aromatic rings. The van der Waals surface area contributed by atoms with Crippen LogP contribution in [0.15, 0.2) is 36.4 Å². The number of benzene rings is 2. The molecule has 0 radical (unpaired) electrons. The Morgan fingerprint density at radius 3 is 2.76 bits per heavy atom. The Kier molecular flexibility index (Phi) is 4.28. The number of amides is 1. The van der Waals surface area contributed by atoms with Gasteiger partial charge in [0.05, 0.1) is 0 Å². The first-order valence-corrected chi connectivity index (χ1v) is 9.51. The third-order valence-corrected chi connectivity index (χ3v) is 6.28. The number of piperidine rings is 1. The molecule has 0 bridgehead atoms. The van der Waals surface area contributed by atoms with Crippen molar-refractivity contribution in [2.75, 3.05) is 26.2 Å². The highest BCUT2D eigenvalue weighted by atomic mass is 16.2. The van der Waals surface area contributed by atoms with Crippen LogP contribution in [0.2, 0.25) is 0 Å². The van der Waals surface area contributed by atoms with Crippen LogP contribution in [-0.2, 0) is 11.3 Å². The van der Waals surface area contributed by atoms with E-state index in [9.17, 15) is 4.79 Å². The van der Waals surface area contributed by atoms with Crippen LogP contribution >= 0.6 is 0 Å². The summed E-state index contributed by atoms with van der Waals surface area (Å²) in [5, 5.41) is 2.72. The fourth-order valence-electron chi connectivity index (χ4n) is 4.85. The van der Waals surface area contributed by atoms with Gasteiger partial charge in [0.25, 0.3) is 0 Å². The number of carbonyl (C=O) groups is 1. The molecule has 0 unspecified atom stereocenters. The smallest absolute Gasteiger partial charge is 0.219 e. The largest absolute Gasteiger partial charge is 0.342 e. The number of hydrogen-bond acceptors (Lipinski definition) is 2. The van der Waals surface area contributed by atoms with Gasteiger partial charge in [0.15, 0.2) is 0 Å². The molecule has 3 nitrogen and oxygen atoms in total. The molecule has 2 aromatic carbocycles. The van der Waals surface area contributed by atoms with E-state index in [4.69, 9.17) is 0 Å². The van der Waals surface area contributed by atoms with E-state index < -0.39 is 0 Å². The zero-order chi connectivity index (χ0) is 17.4. The lowest BCUT2D eigenvalue weighted by atomic mass is 9.79. The second-order valence-electron chi connectivity index (χ2n) is 8.09. The highest BCUT2D eigenvalue weighted by Gasteiger charge is 2.41.